The van der Waals surface area contributed by atoms with Crippen LogP contribution in [-0.2, 0) is 0 Å². The van der Waals surface area contributed by atoms with Crippen LogP contribution in [0.2, 0.25) is 0 Å². The van der Waals surface area contributed by atoms with E-state index < -0.39 is 6.10 Å². The minimum atomic E-state index is -0.493. The number of nitrogens with zero attached hydrogens (tertiary/aromatic N) is 5. The first-order valence-electron chi connectivity index (χ1n) is 13.1. The molecule has 0 saturated carbocycles. The SMILES string of the molecule is O=c1/c(=C/c2cn(-c3ccccc3)nc2-c2ccc3ccccc3c2)sc2nc(C3COc4ccccc4O3)nn12. The molecule has 8 rings (SSSR count). The number of thiazole rings is 1. The Morgan fingerprint density at radius 2 is 1.63 bits per heavy atom. The van der Waals surface area contributed by atoms with Gasteiger partial charge in [0.2, 0.25) is 4.96 Å². The highest BCUT2D eigenvalue weighted by Crippen LogP contribution is 2.35. The van der Waals surface area contributed by atoms with Gasteiger partial charge in [-0.15, -0.1) is 5.10 Å². The lowest BCUT2D eigenvalue weighted by molar-refractivity contribution is 0.0852. The van der Waals surface area contributed by atoms with E-state index in [2.05, 4.69) is 40.4 Å². The summed E-state index contributed by atoms with van der Waals surface area (Å²) in [7, 11) is 0. The van der Waals surface area contributed by atoms with Crippen molar-refractivity contribution in [2.75, 3.05) is 6.61 Å². The molecule has 0 spiro atoms. The van der Waals surface area contributed by atoms with Crippen LogP contribution in [0, 0.1) is 0 Å². The van der Waals surface area contributed by atoms with Gasteiger partial charge >= 0.3 is 0 Å². The van der Waals surface area contributed by atoms with Gasteiger partial charge in [-0.25, -0.2) is 4.68 Å². The van der Waals surface area contributed by atoms with E-state index in [1.807, 2.05) is 83.7 Å². The Morgan fingerprint density at radius 1 is 0.854 bits per heavy atom. The number of hydrogen-bond donors (Lipinski definition) is 0. The van der Waals surface area contributed by atoms with Gasteiger partial charge in [0.05, 0.1) is 10.2 Å². The molecule has 4 heterocycles. The van der Waals surface area contributed by atoms with Crippen LogP contribution in [0.3, 0.4) is 0 Å². The van der Waals surface area contributed by atoms with E-state index >= 15 is 0 Å². The standard InChI is InChI=1S/C32H21N5O3S/c38-31-28(41-32-33-30(35-37(31)32)27-19-39-25-12-6-7-13-26(25)40-27)17-23-18-36(24-10-2-1-3-11-24)34-29(23)22-15-14-20-8-4-5-9-21(20)16-22/h1-18,27H,19H2/b28-17-. The lowest BCUT2D eigenvalue weighted by Gasteiger charge is -2.24. The quantitative estimate of drug-likeness (QED) is 0.296. The van der Waals surface area contributed by atoms with Crippen molar-refractivity contribution in [3.63, 3.8) is 0 Å². The molecule has 0 amide bonds. The molecule has 1 aliphatic rings. The topological polar surface area (TPSA) is 83.5 Å². The van der Waals surface area contributed by atoms with Gasteiger partial charge in [0.25, 0.3) is 5.56 Å². The third kappa shape index (κ3) is 4.14. The summed E-state index contributed by atoms with van der Waals surface area (Å²) in [5.74, 6) is 1.74. The van der Waals surface area contributed by atoms with Crippen molar-refractivity contribution in [3.8, 4) is 28.4 Å². The van der Waals surface area contributed by atoms with Crippen LogP contribution in [0.25, 0.3) is 38.8 Å². The number of ether oxygens (including phenoxy) is 2. The van der Waals surface area contributed by atoms with E-state index in [1.54, 1.807) is 0 Å². The fourth-order valence-electron chi connectivity index (χ4n) is 5.04. The summed E-state index contributed by atoms with van der Waals surface area (Å²) in [5.41, 5.74) is 3.27. The molecule has 9 heteroatoms. The van der Waals surface area contributed by atoms with E-state index in [0.717, 1.165) is 33.3 Å². The molecule has 1 aliphatic heterocycles. The summed E-state index contributed by atoms with van der Waals surface area (Å²) < 4.78 is 15.6. The van der Waals surface area contributed by atoms with Gasteiger partial charge in [-0.3, -0.25) is 4.79 Å². The molecule has 3 aromatic heterocycles. The van der Waals surface area contributed by atoms with Gasteiger partial charge in [-0.1, -0.05) is 78.1 Å². The van der Waals surface area contributed by atoms with E-state index in [4.69, 9.17) is 14.6 Å². The Morgan fingerprint density at radius 3 is 2.49 bits per heavy atom. The van der Waals surface area contributed by atoms with E-state index in [1.165, 1.54) is 15.9 Å². The lowest BCUT2D eigenvalue weighted by Crippen LogP contribution is -2.26. The Balaban J connectivity index is 1.21. The first kappa shape index (κ1) is 23.6. The molecule has 198 valence electrons. The van der Waals surface area contributed by atoms with Crippen molar-refractivity contribution in [2.45, 2.75) is 6.10 Å². The molecule has 0 fully saturated rings. The number of fused-ring (bicyclic) bond motifs is 3. The van der Waals surface area contributed by atoms with Gasteiger partial charge in [0, 0.05) is 17.3 Å². The molecule has 0 N–H and O–H groups in total. The van der Waals surface area contributed by atoms with Crippen molar-refractivity contribution in [2.24, 2.45) is 0 Å². The molecule has 8 nitrogen and oxygen atoms in total. The number of rotatable bonds is 4. The van der Waals surface area contributed by atoms with E-state index in [-0.39, 0.29) is 12.2 Å². The van der Waals surface area contributed by atoms with Crippen LogP contribution < -0.4 is 19.6 Å². The van der Waals surface area contributed by atoms with Crippen LogP contribution in [0.15, 0.2) is 108 Å². The van der Waals surface area contributed by atoms with E-state index in [9.17, 15) is 4.79 Å². The second kappa shape index (κ2) is 9.42. The molecular weight excluding hydrogens is 534 g/mol. The van der Waals surface area contributed by atoms with Crippen molar-refractivity contribution in [1.82, 2.24) is 24.4 Å². The molecule has 0 radical (unpaired) electrons. The minimum absolute atomic E-state index is 0.238. The molecule has 4 aromatic carbocycles. The predicted octanol–water partition coefficient (Wildman–Crippen LogP) is 5.22. The number of aromatic nitrogens is 5. The average Bonchev–Trinajstić information content (AvgIpc) is 3.72. The Hall–Kier alpha value is -5.28. The van der Waals surface area contributed by atoms with Gasteiger partial charge < -0.3 is 9.47 Å². The zero-order valence-corrected chi connectivity index (χ0v) is 22.4. The number of benzene rings is 4. The third-order valence-corrected chi connectivity index (χ3v) is 8.03. The number of hydrogen-bond acceptors (Lipinski definition) is 7. The van der Waals surface area contributed by atoms with Crippen molar-refractivity contribution >= 4 is 33.1 Å². The van der Waals surface area contributed by atoms with Crippen molar-refractivity contribution in [3.05, 3.63) is 130 Å². The third-order valence-electron chi connectivity index (χ3n) is 7.07. The Labute approximate surface area is 237 Å². The molecular formula is C32H21N5O3S. The summed E-state index contributed by atoms with van der Waals surface area (Å²) in [6.45, 7) is 0.274. The predicted molar refractivity (Wildman–Crippen MR) is 158 cm³/mol. The molecule has 7 aromatic rings. The van der Waals surface area contributed by atoms with Crippen LogP contribution in [-0.4, -0.2) is 31.0 Å². The van der Waals surface area contributed by atoms with Crippen LogP contribution in [0.5, 0.6) is 11.5 Å². The maximum Gasteiger partial charge on any atom is 0.291 e. The first-order chi connectivity index (χ1) is 20.2. The van der Waals surface area contributed by atoms with Crippen LogP contribution in [0.4, 0.5) is 0 Å². The average molecular weight is 556 g/mol. The highest BCUT2D eigenvalue weighted by molar-refractivity contribution is 7.15. The maximum atomic E-state index is 13.5. The first-order valence-corrected chi connectivity index (χ1v) is 14.0. The molecule has 0 bridgehead atoms. The fraction of sp³-hybridized carbons (Fsp3) is 0.0625. The summed E-state index contributed by atoms with van der Waals surface area (Å²) in [4.78, 5) is 18.6. The minimum Gasteiger partial charge on any atom is -0.485 e. The zero-order chi connectivity index (χ0) is 27.3. The molecule has 41 heavy (non-hydrogen) atoms. The highest BCUT2D eigenvalue weighted by Gasteiger charge is 2.27. The summed E-state index contributed by atoms with van der Waals surface area (Å²) >= 11 is 1.29. The van der Waals surface area contributed by atoms with Gasteiger partial charge in [-0.05, 0) is 47.2 Å². The molecule has 0 saturated heterocycles. The monoisotopic (exact) mass is 555 g/mol. The van der Waals surface area contributed by atoms with E-state index in [0.29, 0.717) is 26.8 Å². The highest BCUT2D eigenvalue weighted by atomic mass is 32.1. The molecule has 1 atom stereocenters. The normalized spacial score (nSPS) is 15.1. The maximum absolute atomic E-state index is 13.5. The second-order valence-electron chi connectivity index (χ2n) is 9.72. The van der Waals surface area contributed by atoms with Gasteiger partial charge in [0.1, 0.15) is 12.3 Å². The van der Waals surface area contributed by atoms with Gasteiger partial charge in [-0.2, -0.15) is 14.6 Å². The van der Waals surface area contributed by atoms with Crippen LogP contribution in [0.1, 0.15) is 17.5 Å². The Bertz CT molecular complexity index is 2180. The smallest absolute Gasteiger partial charge is 0.291 e. The Kier molecular flexibility index (Phi) is 5.42. The largest absolute Gasteiger partial charge is 0.485 e. The summed E-state index contributed by atoms with van der Waals surface area (Å²) in [5, 5.41) is 11.7. The summed E-state index contributed by atoms with van der Waals surface area (Å²) in [6, 6.07) is 31.9. The van der Waals surface area contributed by atoms with Gasteiger partial charge in [0.15, 0.2) is 23.4 Å². The lowest BCUT2D eigenvalue weighted by atomic mass is 10.0. The summed E-state index contributed by atoms with van der Waals surface area (Å²) in [6.07, 6.45) is 3.33. The fourth-order valence-corrected chi connectivity index (χ4v) is 5.95. The van der Waals surface area contributed by atoms with Crippen molar-refractivity contribution < 1.29 is 9.47 Å². The van der Waals surface area contributed by atoms with Crippen LogP contribution >= 0.6 is 11.3 Å². The zero-order valence-electron chi connectivity index (χ0n) is 21.5. The van der Waals surface area contributed by atoms with Crippen molar-refractivity contribution in [1.29, 1.82) is 0 Å². The molecule has 0 aliphatic carbocycles. The molecule has 1 unspecified atom stereocenters. The number of para-hydroxylation sites is 3. The second-order valence-corrected chi connectivity index (χ2v) is 10.7.